The van der Waals surface area contributed by atoms with E-state index in [0.29, 0.717) is 13.1 Å². The molecule has 1 saturated heterocycles. The molecular weight excluding hydrogens is 210 g/mol. The summed E-state index contributed by atoms with van der Waals surface area (Å²) in [5, 5.41) is 1.84. The van der Waals surface area contributed by atoms with E-state index in [9.17, 15) is 9.59 Å². The van der Waals surface area contributed by atoms with Crippen molar-refractivity contribution in [2.24, 2.45) is 0 Å². The van der Waals surface area contributed by atoms with Gasteiger partial charge in [-0.1, -0.05) is 6.58 Å². The maximum Gasteiger partial charge on any atom is 0.303 e. The van der Waals surface area contributed by atoms with Gasteiger partial charge in [0.2, 0.25) is 0 Å². The summed E-state index contributed by atoms with van der Waals surface area (Å²) in [7, 11) is 1.80. The highest BCUT2D eigenvalue weighted by Gasteiger charge is 2.33. The van der Waals surface area contributed by atoms with E-state index in [1.807, 2.05) is 5.01 Å². The number of hydrazine groups is 1. The zero-order valence-electron chi connectivity index (χ0n) is 9.60. The van der Waals surface area contributed by atoms with E-state index in [1.54, 1.807) is 18.1 Å². The Kier molecular flexibility index (Phi) is 4.30. The Bertz CT molecular complexity index is 287. The Hall–Kier alpha value is -1.56. The number of nitrogens with one attached hydrogen (secondary N) is 1. The smallest absolute Gasteiger partial charge is 0.303 e. The lowest BCUT2D eigenvalue weighted by Gasteiger charge is -2.44. The molecular formula is C10H17N3O3. The van der Waals surface area contributed by atoms with Gasteiger partial charge in [-0.2, -0.15) is 0 Å². The summed E-state index contributed by atoms with van der Waals surface area (Å²) < 4.78 is 4.63. The van der Waals surface area contributed by atoms with Crippen molar-refractivity contribution in [1.29, 1.82) is 0 Å². The molecule has 0 saturated carbocycles. The van der Waals surface area contributed by atoms with Crippen molar-refractivity contribution in [1.82, 2.24) is 15.3 Å². The number of nitrogens with zero attached hydrogens (tertiary/aromatic N) is 2. The molecule has 0 aliphatic carbocycles. The van der Waals surface area contributed by atoms with Gasteiger partial charge in [0.05, 0.1) is 6.04 Å². The zero-order chi connectivity index (χ0) is 12.1. The van der Waals surface area contributed by atoms with E-state index in [0.717, 1.165) is 0 Å². The normalized spacial score (nSPS) is 15.2. The Balaban J connectivity index is 2.27. The predicted octanol–water partition coefficient (Wildman–Crippen LogP) is -0.660. The van der Waals surface area contributed by atoms with Crippen LogP contribution < -0.4 is 5.43 Å². The summed E-state index contributed by atoms with van der Waals surface area (Å²) in [4.78, 5) is 23.6. The maximum absolute atomic E-state index is 11.5. The summed E-state index contributed by atoms with van der Waals surface area (Å²) in [5.41, 5.74) is 2.96. The quantitative estimate of drug-likeness (QED) is 0.499. The van der Waals surface area contributed by atoms with E-state index in [4.69, 9.17) is 0 Å². The van der Waals surface area contributed by atoms with Gasteiger partial charge in [0.25, 0.3) is 5.91 Å². The summed E-state index contributed by atoms with van der Waals surface area (Å²) in [6, 6.07) is 0.240. The van der Waals surface area contributed by atoms with Crippen LogP contribution in [-0.2, 0) is 14.3 Å². The number of hydrogen-bond acceptors (Lipinski definition) is 5. The fourth-order valence-corrected chi connectivity index (χ4v) is 1.51. The molecule has 1 aliphatic heterocycles. The average molecular weight is 227 g/mol. The van der Waals surface area contributed by atoms with Gasteiger partial charge < -0.3 is 14.6 Å². The van der Waals surface area contributed by atoms with Gasteiger partial charge in [0, 0.05) is 33.3 Å². The molecule has 0 spiro atoms. The van der Waals surface area contributed by atoms with Crippen molar-refractivity contribution in [2.45, 2.75) is 13.0 Å². The summed E-state index contributed by atoms with van der Waals surface area (Å²) in [6.07, 6.45) is 1.68. The number of likely N-dealkylation sites (tertiary alicyclic amines) is 1. The molecule has 0 aromatic heterocycles. The van der Waals surface area contributed by atoms with E-state index >= 15 is 0 Å². The van der Waals surface area contributed by atoms with Gasteiger partial charge >= 0.3 is 5.97 Å². The number of carbonyl (C=O) groups is 2. The van der Waals surface area contributed by atoms with Crippen molar-refractivity contribution in [3.8, 4) is 0 Å². The molecule has 6 nitrogen and oxygen atoms in total. The van der Waals surface area contributed by atoms with Gasteiger partial charge in [-0.25, -0.2) is 5.43 Å². The molecule has 6 heteroatoms. The fourth-order valence-electron chi connectivity index (χ4n) is 1.51. The topological polar surface area (TPSA) is 61.9 Å². The molecule has 0 aromatic carbocycles. The minimum atomic E-state index is -0.437. The fraction of sp³-hybridized carbons (Fsp3) is 0.600. The molecule has 1 amide bonds. The van der Waals surface area contributed by atoms with Crippen LogP contribution in [0.5, 0.6) is 0 Å². The second-order valence-corrected chi connectivity index (χ2v) is 3.55. The first-order valence-corrected chi connectivity index (χ1v) is 5.08. The third kappa shape index (κ3) is 2.96. The van der Waals surface area contributed by atoms with Gasteiger partial charge in [-0.05, 0) is 0 Å². The van der Waals surface area contributed by atoms with E-state index in [1.165, 1.54) is 6.92 Å². The molecule has 0 aromatic rings. The largest absolute Gasteiger partial charge is 0.456 e. The second-order valence-electron chi connectivity index (χ2n) is 3.55. The molecule has 90 valence electrons. The Morgan fingerprint density at radius 3 is 2.69 bits per heavy atom. The number of rotatable bonds is 5. The lowest BCUT2D eigenvalue weighted by molar-refractivity contribution is -0.153. The highest BCUT2D eigenvalue weighted by atomic mass is 16.5. The lowest BCUT2D eigenvalue weighted by atomic mass is 10.1. The molecule has 1 N–H and O–H groups in total. The molecule has 16 heavy (non-hydrogen) atoms. The van der Waals surface area contributed by atoms with Crippen LogP contribution in [0.15, 0.2) is 12.8 Å². The van der Waals surface area contributed by atoms with Crippen LogP contribution in [0.3, 0.4) is 0 Å². The van der Waals surface area contributed by atoms with Gasteiger partial charge in [0.1, 0.15) is 0 Å². The van der Waals surface area contributed by atoms with E-state index in [-0.39, 0.29) is 18.6 Å². The monoisotopic (exact) mass is 227 g/mol. The van der Waals surface area contributed by atoms with Crippen LogP contribution in [0.25, 0.3) is 0 Å². The van der Waals surface area contributed by atoms with Gasteiger partial charge in [-0.15, -0.1) is 0 Å². The van der Waals surface area contributed by atoms with Crippen LogP contribution in [0.4, 0.5) is 0 Å². The predicted molar refractivity (Wildman–Crippen MR) is 58.1 cm³/mol. The summed E-state index contributed by atoms with van der Waals surface area (Å²) in [6.45, 7) is 6.00. The molecule has 0 unspecified atom stereocenters. The SMILES string of the molecule is C=CN(NC)C1CN(C(=O)COC(C)=O)C1. The Morgan fingerprint density at radius 1 is 1.62 bits per heavy atom. The first-order valence-electron chi connectivity index (χ1n) is 5.08. The average Bonchev–Trinajstić information content (AvgIpc) is 2.19. The Labute approximate surface area is 94.8 Å². The third-order valence-electron chi connectivity index (χ3n) is 2.46. The van der Waals surface area contributed by atoms with Crippen molar-refractivity contribution in [3.05, 3.63) is 12.8 Å². The number of amides is 1. The highest BCUT2D eigenvalue weighted by molar-refractivity contribution is 5.80. The third-order valence-corrected chi connectivity index (χ3v) is 2.46. The number of carbonyl (C=O) groups excluding carboxylic acids is 2. The Morgan fingerprint density at radius 2 is 2.25 bits per heavy atom. The lowest BCUT2D eigenvalue weighted by Crippen LogP contribution is -2.62. The number of esters is 1. The van der Waals surface area contributed by atoms with E-state index < -0.39 is 5.97 Å². The number of ether oxygens (including phenoxy) is 1. The highest BCUT2D eigenvalue weighted by Crippen LogP contribution is 2.13. The molecule has 1 heterocycles. The summed E-state index contributed by atoms with van der Waals surface area (Å²) >= 11 is 0. The van der Waals surface area contributed by atoms with Crippen LogP contribution in [0, 0.1) is 0 Å². The van der Waals surface area contributed by atoms with Crippen LogP contribution in [0.1, 0.15) is 6.92 Å². The van der Waals surface area contributed by atoms with Crippen molar-refractivity contribution in [2.75, 3.05) is 26.7 Å². The van der Waals surface area contributed by atoms with Crippen LogP contribution in [0.2, 0.25) is 0 Å². The molecule has 0 radical (unpaired) electrons. The number of hydrogen-bond donors (Lipinski definition) is 1. The van der Waals surface area contributed by atoms with Crippen LogP contribution >= 0.6 is 0 Å². The minimum absolute atomic E-state index is 0.161. The van der Waals surface area contributed by atoms with Gasteiger partial charge in [-0.3, -0.25) is 9.59 Å². The van der Waals surface area contributed by atoms with E-state index in [2.05, 4.69) is 16.7 Å². The van der Waals surface area contributed by atoms with Gasteiger partial charge in [0.15, 0.2) is 6.61 Å². The molecule has 1 rings (SSSR count). The first kappa shape index (κ1) is 12.5. The molecule has 0 atom stereocenters. The zero-order valence-corrected chi connectivity index (χ0v) is 9.60. The first-order chi connectivity index (χ1) is 7.58. The second kappa shape index (κ2) is 5.50. The van der Waals surface area contributed by atoms with Crippen molar-refractivity contribution in [3.63, 3.8) is 0 Å². The maximum atomic E-state index is 11.5. The van der Waals surface area contributed by atoms with Crippen molar-refractivity contribution >= 4 is 11.9 Å². The summed E-state index contributed by atoms with van der Waals surface area (Å²) in [5.74, 6) is -0.597. The molecule has 1 fully saturated rings. The van der Waals surface area contributed by atoms with Crippen molar-refractivity contribution < 1.29 is 14.3 Å². The minimum Gasteiger partial charge on any atom is -0.456 e. The molecule has 0 bridgehead atoms. The molecule has 1 aliphatic rings. The van der Waals surface area contributed by atoms with Crippen LogP contribution in [-0.4, -0.2) is 54.6 Å². The standard InChI is InChI=1S/C10H17N3O3/c1-4-13(11-3)9-5-12(6-9)10(15)7-16-8(2)14/h4,9,11H,1,5-7H2,2-3H3.